The van der Waals surface area contributed by atoms with Crippen molar-refractivity contribution in [2.45, 2.75) is 18.4 Å². The molecule has 1 saturated heterocycles. The summed E-state index contributed by atoms with van der Waals surface area (Å²) in [5, 5.41) is 21.2. The topological polar surface area (TPSA) is 148 Å². The Balaban J connectivity index is 1.63. The first-order valence-corrected chi connectivity index (χ1v) is 9.37. The van der Waals surface area contributed by atoms with E-state index in [4.69, 9.17) is 25.8 Å². The number of carbonyl (C=O) groups excluding carboxylic acids is 2. The summed E-state index contributed by atoms with van der Waals surface area (Å²) in [6.07, 6.45) is -4.25. The number of ether oxygens (including phenoxy) is 3. The standard InChI is InChI=1S/C19H14ClFN2O9/c20-14-7-12(23(28)29)5-6-13(14)19(25)32-17-15(21)8-30-16(17)9-31-18(24)10-1-3-11(4-2-10)22(26)27/h1-7,15-17H,8-9H2/t15-,16-,17+/m1/s1. The lowest BCUT2D eigenvalue weighted by Crippen LogP contribution is -2.36. The van der Waals surface area contributed by atoms with Crippen LogP contribution in [0, 0.1) is 20.2 Å². The second-order valence-corrected chi connectivity index (χ2v) is 6.99. The second kappa shape index (κ2) is 9.66. The van der Waals surface area contributed by atoms with Gasteiger partial charge in [0.1, 0.15) is 12.7 Å². The van der Waals surface area contributed by atoms with E-state index in [0.717, 1.165) is 30.3 Å². The van der Waals surface area contributed by atoms with E-state index in [-0.39, 0.29) is 27.5 Å². The number of carbonyl (C=O) groups is 2. The second-order valence-electron chi connectivity index (χ2n) is 6.58. The molecule has 1 aliphatic heterocycles. The molecule has 2 aromatic rings. The van der Waals surface area contributed by atoms with Crippen LogP contribution in [0.15, 0.2) is 42.5 Å². The maximum atomic E-state index is 14.2. The molecule has 0 aromatic heterocycles. The van der Waals surface area contributed by atoms with Crippen molar-refractivity contribution in [3.63, 3.8) is 0 Å². The molecule has 3 atom stereocenters. The van der Waals surface area contributed by atoms with Gasteiger partial charge < -0.3 is 14.2 Å². The van der Waals surface area contributed by atoms with E-state index in [1.165, 1.54) is 12.1 Å². The SMILES string of the molecule is O=C(OC[C@H]1OC[C@@H](F)[C@@H]1OC(=O)c1ccc([N+](=O)[O-])cc1Cl)c1ccc([N+](=O)[O-])cc1. The Morgan fingerprint density at radius 2 is 1.69 bits per heavy atom. The lowest BCUT2D eigenvalue weighted by Gasteiger charge is -2.20. The van der Waals surface area contributed by atoms with Crippen LogP contribution < -0.4 is 0 Å². The number of esters is 2. The van der Waals surface area contributed by atoms with Gasteiger partial charge in [-0.2, -0.15) is 0 Å². The first-order chi connectivity index (χ1) is 15.2. The summed E-state index contributed by atoms with van der Waals surface area (Å²) in [6, 6.07) is 7.72. The quantitative estimate of drug-likeness (QED) is 0.339. The minimum absolute atomic E-state index is 0.0246. The summed E-state index contributed by atoms with van der Waals surface area (Å²) in [4.78, 5) is 44.6. The van der Waals surface area contributed by atoms with E-state index < -0.39 is 53.4 Å². The van der Waals surface area contributed by atoms with Crippen molar-refractivity contribution in [3.8, 4) is 0 Å². The molecule has 2 aromatic carbocycles. The molecular weight excluding hydrogens is 455 g/mol. The average molecular weight is 469 g/mol. The normalized spacial score (nSPS) is 19.9. The summed E-state index contributed by atoms with van der Waals surface area (Å²) >= 11 is 5.89. The summed E-state index contributed by atoms with van der Waals surface area (Å²) in [7, 11) is 0. The van der Waals surface area contributed by atoms with Crippen molar-refractivity contribution in [1.82, 2.24) is 0 Å². The number of hydrogen-bond donors (Lipinski definition) is 0. The van der Waals surface area contributed by atoms with E-state index >= 15 is 0 Å². The van der Waals surface area contributed by atoms with Crippen molar-refractivity contribution in [2.75, 3.05) is 13.2 Å². The Kier molecular flexibility index (Phi) is 6.95. The fourth-order valence-electron chi connectivity index (χ4n) is 2.86. The van der Waals surface area contributed by atoms with Crippen LogP contribution in [0.1, 0.15) is 20.7 Å². The van der Waals surface area contributed by atoms with E-state index in [9.17, 15) is 34.2 Å². The predicted octanol–water partition coefficient (Wildman–Crippen LogP) is 3.28. The zero-order valence-corrected chi connectivity index (χ0v) is 16.8. The molecule has 0 spiro atoms. The molecular formula is C19H14ClFN2O9. The van der Waals surface area contributed by atoms with Crippen LogP contribution in [0.2, 0.25) is 5.02 Å². The molecule has 3 rings (SSSR count). The van der Waals surface area contributed by atoms with Gasteiger partial charge in [-0.1, -0.05) is 11.6 Å². The molecule has 0 aliphatic carbocycles. The van der Waals surface area contributed by atoms with Crippen molar-refractivity contribution in [3.05, 3.63) is 78.8 Å². The predicted molar refractivity (Wildman–Crippen MR) is 105 cm³/mol. The molecule has 0 N–H and O–H groups in total. The lowest BCUT2D eigenvalue weighted by molar-refractivity contribution is -0.385. The zero-order valence-electron chi connectivity index (χ0n) is 16.0. The third-order valence-electron chi connectivity index (χ3n) is 4.51. The number of nitro groups is 2. The first kappa shape index (κ1) is 23.0. The summed E-state index contributed by atoms with van der Waals surface area (Å²) in [6.45, 7) is -0.867. The van der Waals surface area contributed by atoms with Gasteiger partial charge >= 0.3 is 11.9 Å². The van der Waals surface area contributed by atoms with Crippen LogP contribution in [0.3, 0.4) is 0 Å². The first-order valence-electron chi connectivity index (χ1n) is 8.99. The summed E-state index contributed by atoms with van der Waals surface area (Å²) in [5.41, 5.74) is -0.734. The van der Waals surface area contributed by atoms with Crippen LogP contribution in [0.5, 0.6) is 0 Å². The number of alkyl halides is 1. The maximum Gasteiger partial charge on any atom is 0.340 e. The Morgan fingerprint density at radius 3 is 2.28 bits per heavy atom. The largest absolute Gasteiger partial charge is 0.459 e. The summed E-state index contributed by atoms with van der Waals surface area (Å²) in [5.74, 6) is -1.87. The highest BCUT2D eigenvalue weighted by Crippen LogP contribution is 2.27. The van der Waals surface area contributed by atoms with E-state index in [1.807, 2.05) is 0 Å². The number of rotatable bonds is 7. The van der Waals surface area contributed by atoms with Gasteiger partial charge in [0.25, 0.3) is 11.4 Å². The fraction of sp³-hybridized carbons (Fsp3) is 0.263. The van der Waals surface area contributed by atoms with E-state index in [1.54, 1.807) is 0 Å². The van der Waals surface area contributed by atoms with Gasteiger partial charge in [-0.25, -0.2) is 14.0 Å². The van der Waals surface area contributed by atoms with Gasteiger partial charge in [0, 0.05) is 24.3 Å². The summed E-state index contributed by atoms with van der Waals surface area (Å²) < 4.78 is 29.6. The molecule has 11 nitrogen and oxygen atoms in total. The number of non-ortho nitro benzene ring substituents is 2. The Morgan fingerprint density at radius 1 is 1.06 bits per heavy atom. The van der Waals surface area contributed by atoms with Crippen molar-refractivity contribution >= 4 is 34.9 Å². The average Bonchev–Trinajstić information content (AvgIpc) is 3.11. The van der Waals surface area contributed by atoms with Crippen LogP contribution in [0.4, 0.5) is 15.8 Å². The highest BCUT2D eigenvalue weighted by atomic mass is 35.5. The minimum Gasteiger partial charge on any atom is -0.459 e. The molecule has 0 unspecified atom stereocenters. The monoisotopic (exact) mass is 468 g/mol. The Labute approximate surface area is 183 Å². The third-order valence-corrected chi connectivity index (χ3v) is 4.82. The number of nitro benzene ring substituents is 2. The number of benzene rings is 2. The van der Waals surface area contributed by atoms with Crippen molar-refractivity contribution in [1.29, 1.82) is 0 Å². The van der Waals surface area contributed by atoms with Gasteiger partial charge in [0.2, 0.25) is 0 Å². The van der Waals surface area contributed by atoms with Crippen molar-refractivity contribution in [2.24, 2.45) is 0 Å². The van der Waals surface area contributed by atoms with E-state index in [0.29, 0.717) is 0 Å². The number of hydrogen-bond acceptors (Lipinski definition) is 9. The smallest absolute Gasteiger partial charge is 0.340 e. The molecule has 1 heterocycles. The fourth-order valence-corrected chi connectivity index (χ4v) is 3.11. The van der Waals surface area contributed by atoms with Gasteiger partial charge in [-0.05, 0) is 18.2 Å². The lowest BCUT2D eigenvalue weighted by atomic mass is 10.1. The van der Waals surface area contributed by atoms with E-state index in [2.05, 4.69) is 0 Å². The maximum absolute atomic E-state index is 14.2. The van der Waals surface area contributed by atoms with Crippen LogP contribution in [0.25, 0.3) is 0 Å². The molecule has 1 fully saturated rings. The third kappa shape index (κ3) is 5.15. The zero-order chi connectivity index (χ0) is 23.4. The van der Waals surface area contributed by atoms with Crippen LogP contribution >= 0.6 is 11.6 Å². The van der Waals surface area contributed by atoms with Gasteiger partial charge in [0.05, 0.1) is 32.6 Å². The molecule has 0 saturated carbocycles. The van der Waals surface area contributed by atoms with Gasteiger partial charge in [0.15, 0.2) is 12.3 Å². The molecule has 0 amide bonds. The molecule has 168 valence electrons. The Bertz CT molecular complexity index is 1060. The highest BCUT2D eigenvalue weighted by molar-refractivity contribution is 6.33. The van der Waals surface area contributed by atoms with Crippen LogP contribution in [-0.4, -0.2) is 53.4 Å². The molecule has 13 heteroatoms. The number of halogens is 2. The highest BCUT2D eigenvalue weighted by Gasteiger charge is 2.42. The van der Waals surface area contributed by atoms with Gasteiger partial charge in [-0.15, -0.1) is 0 Å². The molecule has 1 aliphatic rings. The number of nitrogens with zero attached hydrogens (tertiary/aromatic N) is 2. The van der Waals surface area contributed by atoms with Crippen LogP contribution in [-0.2, 0) is 14.2 Å². The van der Waals surface area contributed by atoms with Crippen molar-refractivity contribution < 1.29 is 38.0 Å². The van der Waals surface area contributed by atoms with Gasteiger partial charge in [-0.3, -0.25) is 20.2 Å². The molecule has 0 bridgehead atoms. The Hall–Kier alpha value is -3.64. The molecule has 0 radical (unpaired) electrons. The molecule has 32 heavy (non-hydrogen) atoms. The minimum atomic E-state index is -1.71.